The molecule has 0 spiro atoms. The molecule has 0 saturated carbocycles. The molecule has 0 bridgehead atoms. The number of aromatic nitrogens is 3. The van der Waals surface area contributed by atoms with Gasteiger partial charge in [-0.25, -0.2) is 9.78 Å². The highest BCUT2D eigenvalue weighted by molar-refractivity contribution is 7.99. The van der Waals surface area contributed by atoms with Crippen LogP contribution in [-0.2, 0) is 15.1 Å². The van der Waals surface area contributed by atoms with Crippen LogP contribution in [0.3, 0.4) is 0 Å². The van der Waals surface area contributed by atoms with Crippen molar-refractivity contribution in [2.45, 2.75) is 17.6 Å². The molecule has 11 heteroatoms. The highest BCUT2D eigenvalue weighted by atomic mass is 32.2. The largest absolute Gasteiger partial charge is 0.497 e. The van der Waals surface area contributed by atoms with Crippen molar-refractivity contribution in [2.24, 2.45) is 0 Å². The lowest BCUT2D eigenvalue weighted by Crippen LogP contribution is -2.48. The minimum absolute atomic E-state index is 0.0843. The molecule has 0 aliphatic carbocycles. The highest BCUT2D eigenvalue weighted by Gasteiger charge is 2.49. The van der Waals surface area contributed by atoms with Gasteiger partial charge in [-0.15, -0.1) is 5.10 Å². The van der Waals surface area contributed by atoms with E-state index in [1.54, 1.807) is 50.4 Å². The van der Waals surface area contributed by atoms with Crippen LogP contribution in [0.2, 0.25) is 0 Å². The van der Waals surface area contributed by atoms with Crippen LogP contribution in [0.4, 0.5) is 4.79 Å². The van der Waals surface area contributed by atoms with Crippen LogP contribution in [-0.4, -0.2) is 50.9 Å². The summed E-state index contributed by atoms with van der Waals surface area (Å²) < 4.78 is 5.13. The maximum Gasteiger partial charge on any atom is 0.344 e. The second kappa shape index (κ2) is 8.71. The minimum Gasteiger partial charge on any atom is -0.497 e. The first kappa shape index (κ1) is 21.4. The number of thioether (sulfide) groups is 1. The number of carbonyl (C=O) groups excluding carboxylic acids is 3. The number of imide groups is 1. The minimum atomic E-state index is -1.25. The molecule has 1 fully saturated rings. The van der Waals surface area contributed by atoms with Crippen molar-refractivity contribution in [1.82, 2.24) is 30.9 Å². The Hall–Kier alpha value is -3.86. The lowest BCUT2D eigenvalue weighted by Gasteiger charge is -2.22. The quantitative estimate of drug-likeness (QED) is 0.370. The van der Waals surface area contributed by atoms with Crippen molar-refractivity contribution in [3.8, 4) is 17.1 Å². The molecule has 4 rings (SSSR count). The molecule has 1 aliphatic heterocycles. The fourth-order valence-electron chi connectivity index (χ4n) is 3.18. The van der Waals surface area contributed by atoms with Crippen LogP contribution >= 0.6 is 11.8 Å². The molecule has 1 unspecified atom stereocenters. The fraction of sp³-hybridized carbons (Fsp3) is 0.190. The molecule has 10 nitrogen and oxygen atoms in total. The number of methoxy groups -OCH3 is 1. The van der Waals surface area contributed by atoms with E-state index in [4.69, 9.17) is 4.74 Å². The number of carbonyl (C=O) groups is 3. The summed E-state index contributed by atoms with van der Waals surface area (Å²) in [6, 6.07) is 15.4. The predicted molar refractivity (Wildman–Crippen MR) is 116 cm³/mol. The molecule has 4 amide bonds. The van der Waals surface area contributed by atoms with E-state index in [1.807, 2.05) is 18.2 Å². The second-order valence-electron chi connectivity index (χ2n) is 7.08. The van der Waals surface area contributed by atoms with Gasteiger partial charge in [0.15, 0.2) is 5.82 Å². The number of nitrogens with zero attached hydrogens (tertiary/aromatic N) is 3. The number of rotatable bonds is 7. The van der Waals surface area contributed by atoms with Crippen molar-refractivity contribution in [2.75, 3.05) is 12.9 Å². The van der Waals surface area contributed by atoms with Crippen molar-refractivity contribution < 1.29 is 19.1 Å². The summed E-state index contributed by atoms with van der Waals surface area (Å²) >= 11 is 1.07. The normalized spacial score (nSPS) is 17.9. The van der Waals surface area contributed by atoms with Crippen LogP contribution in [0.5, 0.6) is 5.75 Å². The third-order valence-electron chi connectivity index (χ3n) is 4.94. The zero-order valence-corrected chi connectivity index (χ0v) is 18.1. The standard InChI is InChI=1S/C21H20N6O4S/c1-21(14-6-4-3-5-7-14)18(29)27(20(30)23-21)26-16(28)12-32-19-22-17(24-25-19)13-8-10-15(31-2)11-9-13/h3-11H,12H2,1-2H3,(H,23,30)(H,26,28)(H,22,24,25). The third kappa shape index (κ3) is 4.14. The predicted octanol–water partition coefficient (Wildman–Crippen LogP) is 2.07. The molecule has 2 aromatic carbocycles. The average molecular weight is 452 g/mol. The molecule has 164 valence electrons. The number of hydrogen-bond acceptors (Lipinski definition) is 7. The van der Waals surface area contributed by atoms with E-state index in [2.05, 4.69) is 25.9 Å². The van der Waals surface area contributed by atoms with E-state index in [0.29, 0.717) is 21.6 Å². The van der Waals surface area contributed by atoms with Gasteiger partial charge in [0.05, 0.1) is 12.9 Å². The highest BCUT2D eigenvalue weighted by Crippen LogP contribution is 2.28. The van der Waals surface area contributed by atoms with Crippen LogP contribution in [0.1, 0.15) is 12.5 Å². The van der Waals surface area contributed by atoms with Crippen molar-refractivity contribution in [1.29, 1.82) is 0 Å². The Morgan fingerprint density at radius 3 is 2.56 bits per heavy atom. The SMILES string of the molecule is COc1ccc(-c2nc(SCC(=O)NN3C(=O)NC(C)(c4ccccc4)C3=O)n[nH]2)cc1. The molecule has 1 saturated heterocycles. The van der Waals surface area contributed by atoms with Crippen molar-refractivity contribution >= 4 is 29.6 Å². The van der Waals surface area contributed by atoms with Crippen LogP contribution < -0.4 is 15.5 Å². The summed E-state index contributed by atoms with van der Waals surface area (Å²) in [5.41, 5.74) is 2.54. The molecule has 1 aliphatic rings. The second-order valence-corrected chi connectivity index (χ2v) is 8.02. The third-order valence-corrected chi connectivity index (χ3v) is 5.79. The zero-order valence-electron chi connectivity index (χ0n) is 17.3. The summed E-state index contributed by atoms with van der Waals surface area (Å²) in [4.78, 5) is 41.9. The number of amides is 4. The van der Waals surface area contributed by atoms with Crippen LogP contribution in [0.25, 0.3) is 11.4 Å². The summed E-state index contributed by atoms with van der Waals surface area (Å²) in [6.45, 7) is 1.60. The Morgan fingerprint density at radius 2 is 1.88 bits per heavy atom. The monoisotopic (exact) mass is 452 g/mol. The molecule has 3 aromatic rings. The van der Waals surface area contributed by atoms with Gasteiger partial charge in [-0.3, -0.25) is 20.1 Å². The number of ether oxygens (including phenoxy) is 1. The number of nitrogens with one attached hydrogen (secondary N) is 3. The maximum atomic E-state index is 12.8. The number of hydrazine groups is 1. The molecule has 3 N–H and O–H groups in total. The first-order valence-electron chi connectivity index (χ1n) is 9.62. The van der Waals surface area contributed by atoms with Crippen LogP contribution in [0.15, 0.2) is 59.8 Å². The number of urea groups is 1. The summed E-state index contributed by atoms with van der Waals surface area (Å²) in [6.07, 6.45) is 0. The van der Waals surface area contributed by atoms with E-state index in [9.17, 15) is 14.4 Å². The lowest BCUT2D eigenvalue weighted by atomic mass is 9.92. The van der Waals surface area contributed by atoms with Gasteiger partial charge in [0, 0.05) is 5.56 Å². The van der Waals surface area contributed by atoms with Gasteiger partial charge in [0.25, 0.3) is 5.91 Å². The van der Waals surface area contributed by atoms with Gasteiger partial charge in [-0.2, -0.15) is 5.01 Å². The summed E-state index contributed by atoms with van der Waals surface area (Å²) in [7, 11) is 1.59. The lowest BCUT2D eigenvalue weighted by molar-refractivity contribution is -0.138. The van der Waals surface area contributed by atoms with Gasteiger partial charge in [0.2, 0.25) is 11.1 Å². The Balaban J connectivity index is 1.36. The van der Waals surface area contributed by atoms with E-state index < -0.39 is 23.4 Å². The van der Waals surface area contributed by atoms with E-state index >= 15 is 0 Å². The zero-order chi connectivity index (χ0) is 22.7. The molecular formula is C21H20N6O4S. The summed E-state index contributed by atoms with van der Waals surface area (Å²) in [5, 5.41) is 10.6. The number of H-pyrrole nitrogens is 1. The molecule has 1 aromatic heterocycles. The Kier molecular flexibility index (Phi) is 5.82. The molecule has 32 heavy (non-hydrogen) atoms. The Bertz CT molecular complexity index is 1150. The molecule has 2 heterocycles. The van der Waals surface area contributed by atoms with E-state index in [0.717, 1.165) is 23.1 Å². The van der Waals surface area contributed by atoms with Crippen molar-refractivity contribution in [3.63, 3.8) is 0 Å². The topological polar surface area (TPSA) is 129 Å². The Labute approximate surface area is 187 Å². The van der Waals surface area contributed by atoms with Crippen LogP contribution in [0, 0.1) is 0 Å². The molecule has 0 radical (unpaired) electrons. The Morgan fingerprint density at radius 1 is 1.16 bits per heavy atom. The fourth-order valence-corrected chi connectivity index (χ4v) is 3.77. The van der Waals surface area contributed by atoms with Gasteiger partial charge < -0.3 is 10.1 Å². The number of benzene rings is 2. The van der Waals surface area contributed by atoms with E-state index in [1.165, 1.54) is 0 Å². The molecule has 1 atom stereocenters. The average Bonchev–Trinajstić information content (AvgIpc) is 3.37. The number of aromatic amines is 1. The summed E-state index contributed by atoms with van der Waals surface area (Å²) in [5.74, 6) is 0.0870. The van der Waals surface area contributed by atoms with E-state index in [-0.39, 0.29) is 5.75 Å². The molecular weight excluding hydrogens is 432 g/mol. The van der Waals surface area contributed by atoms with Gasteiger partial charge in [0.1, 0.15) is 11.3 Å². The maximum absolute atomic E-state index is 12.8. The first-order chi connectivity index (χ1) is 15.4. The van der Waals surface area contributed by atoms with Crippen molar-refractivity contribution in [3.05, 3.63) is 60.2 Å². The van der Waals surface area contributed by atoms with Gasteiger partial charge >= 0.3 is 6.03 Å². The smallest absolute Gasteiger partial charge is 0.344 e. The van der Waals surface area contributed by atoms with Gasteiger partial charge in [-0.1, -0.05) is 42.1 Å². The number of hydrogen-bond donors (Lipinski definition) is 3. The first-order valence-corrected chi connectivity index (χ1v) is 10.6. The van der Waals surface area contributed by atoms with Gasteiger partial charge in [-0.05, 0) is 36.8 Å².